The van der Waals surface area contributed by atoms with E-state index in [1.807, 2.05) is 13.8 Å². The summed E-state index contributed by atoms with van der Waals surface area (Å²) in [5.74, 6) is -4.62. The summed E-state index contributed by atoms with van der Waals surface area (Å²) in [5.41, 5.74) is 28.2. The first kappa shape index (κ1) is 56.3. The van der Waals surface area contributed by atoms with Gasteiger partial charge in [-0.3, -0.25) is 0 Å². The number of carbonyl (C=O) groups is 3. The number of carboxylic acids is 3. The molecule has 0 aliphatic carbocycles. The number of thiocyanates is 1. The molecule has 0 saturated heterocycles. The molecule has 0 amide bonds. The normalized spacial score (nSPS) is 15.7. The average Bonchev–Trinajstić information content (AvgIpc) is 3.23. The van der Waals surface area contributed by atoms with Crippen LogP contribution in [0.2, 0.25) is 0 Å². The number of benzene rings is 2. The Bertz CT molecular complexity index is 2170. The smallest absolute Gasteiger partial charge is 0.700 e. The summed E-state index contributed by atoms with van der Waals surface area (Å²) in [6, 6.07) is 8.19. The standard InChI is InChI=1S/C21H17F5N4.C18H18N3O6.C2H6.CHNS.Ru/c22-13-1-5-15(6-2-13)30(16-7-3-14(23)4-8-16)17-9-10-29-19(11-17)18(27)12-20(28)21(24,25)26;1-2-10(16(22)23)8-14(19)15(20)9-11(17(24)25)3-4-13-7-12(18(26)27)5-6-21-13;1-2;2-1-3;/h1-9,11-12,20,27H,10,28H2;2-3,5-9,13,19-20H,4H2,1H3,(H,22,23)(H,24,25)(H,26,27);1-2H3;3H;/q-2;-3;;;+6/p-1/b18-12-;10-2+,11-3+,14-8-,15-9-;;;. The molecule has 0 radical (unpaired) electrons. The van der Waals surface area contributed by atoms with Crippen LogP contribution in [0.4, 0.5) is 33.3 Å². The zero-order valence-electron chi connectivity index (χ0n) is 33.5. The molecule has 21 heteroatoms. The second-order valence-electron chi connectivity index (χ2n) is 11.9. The van der Waals surface area contributed by atoms with Crippen molar-refractivity contribution in [2.75, 3.05) is 11.4 Å². The molecule has 0 fully saturated rings. The van der Waals surface area contributed by atoms with Crippen LogP contribution in [0.25, 0.3) is 27.8 Å². The minimum atomic E-state index is -4.67. The topological polar surface area (TPSA) is 265 Å². The number of nitrogens with zero attached hydrogens (tertiary/aromatic N) is 4. The van der Waals surface area contributed by atoms with E-state index in [0.717, 1.165) is 12.2 Å². The number of carboxylic acid groups (broad SMARTS) is 3. The van der Waals surface area contributed by atoms with E-state index in [4.69, 9.17) is 38.4 Å². The van der Waals surface area contributed by atoms with E-state index in [2.05, 4.69) is 23.3 Å². The summed E-state index contributed by atoms with van der Waals surface area (Å²) in [6.45, 7) is 5.57. The third-order valence-electron chi connectivity index (χ3n) is 7.70. The Morgan fingerprint density at radius 2 is 1.43 bits per heavy atom. The Balaban J connectivity index is 0.00000110. The maximum absolute atomic E-state index is 13.4. The fourth-order valence-electron chi connectivity index (χ4n) is 4.79. The Kier molecular flexibility index (Phi) is 25.0. The summed E-state index contributed by atoms with van der Waals surface area (Å²) in [4.78, 5) is 34.9. The number of nitriles is 1. The van der Waals surface area contributed by atoms with E-state index in [1.165, 1.54) is 97.4 Å². The van der Waals surface area contributed by atoms with Crippen LogP contribution >= 0.6 is 0 Å². The third kappa shape index (κ3) is 19.2. The van der Waals surface area contributed by atoms with Gasteiger partial charge in [0.2, 0.25) is 0 Å². The summed E-state index contributed by atoms with van der Waals surface area (Å²) in [7, 11) is 0. The molecule has 2 aromatic carbocycles. The second kappa shape index (κ2) is 28.0. The van der Waals surface area contributed by atoms with Crippen molar-refractivity contribution in [2.45, 2.75) is 45.5 Å². The fraction of sp³-hybridized carbons (Fsp3) is 0.190. The van der Waals surface area contributed by atoms with Crippen molar-refractivity contribution in [1.29, 1.82) is 5.26 Å². The maximum atomic E-state index is 13.4. The molecule has 334 valence electrons. The second-order valence-corrected chi connectivity index (χ2v) is 12.0. The molecule has 63 heavy (non-hydrogen) atoms. The molecule has 2 atom stereocenters. The molecule has 0 saturated carbocycles. The first-order chi connectivity index (χ1) is 29.2. The van der Waals surface area contributed by atoms with Crippen LogP contribution in [-0.2, 0) is 46.5 Å². The number of rotatable bonds is 13. The van der Waals surface area contributed by atoms with E-state index >= 15 is 0 Å². The van der Waals surface area contributed by atoms with Gasteiger partial charge in [-0.25, -0.2) is 28.4 Å². The van der Waals surface area contributed by atoms with Gasteiger partial charge in [0, 0.05) is 17.1 Å². The summed E-state index contributed by atoms with van der Waals surface area (Å²) >= 11 is 3.70. The third-order valence-corrected chi connectivity index (χ3v) is 7.70. The predicted molar refractivity (Wildman–Crippen MR) is 229 cm³/mol. The van der Waals surface area contributed by atoms with E-state index in [0.29, 0.717) is 23.1 Å². The van der Waals surface area contributed by atoms with Crippen LogP contribution in [0, 0.1) is 22.3 Å². The van der Waals surface area contributed by atoms with Crippen molar-refractivity contribution in [1.82, 2.24) is 0 Å². The van der Waals surface area contributed by atoms with Gasteiger partial charge in [-0.15, -0.1) is 6.54 Å². The summed E-state index contributed by atoms with van der Waals surface area (Å²) in [6.07, 6.45) is 7.52. The van der Waals surface area contributed by atoms with Crippen molar-refractivity contribution in [3.8, 4) is 5.40 Å². The Morgan fingerprint density at radius 3 is 1.86 bits per heavy atom. The summed E-state index contributed by atoms with van der Waals surface area (Å²) in [5, 5.41) is 43.7. The van der Waals surface area contributed by atoms with Gasteiger partial charge in [0.15, 0.2) is 0 Å². The van der Waals surface area contributed by atoms with Gasteiger partial charge in [0.1, 0.15) is 17.7 Å². The van der Waals surface area contributed by atoms with Crippen LogP contribution in [0.15, 0.2) is 155 Å². The Labute approximate surface area is 379 Å². The number of allylic oxidation sites excluding steroid dienone is 2. The van der Waals surface area contributed by atoms with Crippen LogP contribution in [0.5, 0.6) is 0 Å². The van der Waals surface area contributed by atoms with E-state index in [-0.39, 0.29) is 54.9 Å². The van der Waals surface area contributed by atoms with E-state index < -0.39 is 64.9 Å². The molecule has 0 bridgehead atoms. The maximum Gasteiger partial charge on any atom is 6.00 e. The number of aliphatic carboxylic acids is 3. The number of hydrogen-bond acceptors (Lipinski definition) is 7. The molecule has 8 N–H and O–H groups in total. The largest absolute Gasteiger partial charge is 6.00 e. The van der Waals surface area contributed by atoms with Gasteiger partial charge in [-0.1, -0.05) is 80.0 Å². The van der Waals surface area contributed by atoms with Crippen LogP contribution < -0.4 is 10.6 Å². The van der Waals surface area contributed by atoms with Crippen molar-refractivity contribution < 1.29 is 71.1 Å². The molecule has 2 heterocycles. The molecular formula is C42H41F5N8O6RuS. The van der Waals surface area contributed by atoms with Crippen molar-refractivity contribution in [2.24, 2.45) is 5.73 Å². The predicted octanol–water partition coefficient (Wildman–Crippen LogP) is 10.7. The zero-order chi connectivity index (χ0) is 47.2. The molecule has 2 aromatic rings. The molecule has 2 unspecified atom stereocenters. The van der Waals surface area contributed by atoms with Gasteiger partial charge in [-0.05, 0) is 61.9 Å². The van der Waals surface area contributed by atoms with E-state index in [9.17, 15) is 41.4 Å². The van der Waals surface area contributed by atoms with Gasteiger partial charge in [0.25, 0.3) is 0 Å². The van der Waals surface area contributed by atoms with Crippen molar-refractivity contribution >= 4 is 41.9 Å². The molecule has 0 aromatic heterocycles. The van der Waals surface area contributed by atoms with Gasteiger partial charge in [0.05, 0.1) is 16.7 Å². The Morgan fingerprint density at radius 1 is 0.952 bits per heavy atom. The van der Waals surface area contributed by atoms with Crippen molar-refractivity contribution in [3.63, 3.8) is 0 Å². The summed E-state index contributed by atoms with van der Waals surface area (Å²) < 4.78 is 64.9. The molecular weight excluding hydrogens is 941 g/mol. The van der Waals surface area contributed by atoms with Gasteiger partial charge >= 0.3 is 43.6 Å². The number of anilines is 2. The zero-order valence-corrected chi connectivity index (χ0v) is 36.1. The number of halogens is 5. The Hall–Kier alpha value is -6.75. The minimum absolute atomic E-state index is 0. The monoisotopic (exact) mass is 982 g/mol. The SMILES string of the molecule is CC.C\C=C(/C=C([NH-])/C([NH-])=C/C(=C\CC1C=C(C(=O)O)C=C[N-]1)C(=O)O)C(=O)O.N#C[S-].[NH-]/C(=C\C(N)C(F)(F)F)C1=CC(N(c2ccc(F)cc2)c2ccc(F)cc2)=CC[N-]1.[Ru+6]. The minimum Gasteiger partial charge on any atom is -0.700 e. The fourth-order valence-corrected chi connectivity index (χ4v) is 4.79. The van der Waals surface area contributed by atoms with Crippen LogP contribution in [-0.4, -0.2) is 58.0 Å². The first-order valence-corrected chi connectivity index (χ1v) is 18.3. The molecule has 0 spiro atoms. The van der Waals surface area contributed by atoms with Gasteiger partial charge < -0.3 is 66.4 Å². The first-order valence-electron chi connectivity index (χ1n) is 17.9. The number of hydrogen-bond donors (Lipinski definition) is 4. The molecule has 2 aliphatic heterocycles. The number of nitrogens with one attached hydrogen (secondary N) is 3. The van der Waals surface area contributed by atoms with E-state index in [1.54, 1.807) is 11.0 Å². The quantitative estimate of drug-likeness (QED) is 0.0368. The molecule has 14 nitrogen and oxygen atoms in total. The van der Waals surface area contributed by atoms with Crippen LogP contribution in [0.3, 0.4) is 0 Å². The molecule has 4 rings (SSSR count). The van der Waals surface area contributed by atoms with Crippen molar-refractivity contribution in [3.05, 3.63) is 194 Å². The van der Waals surface area contributed by atoms with Crippen LogP contribution in [0.1, 0.15) is 27.2 Å². The molecule has 2 aliphatic rings. The number of nitrogens with two attached hydrogens (primary N) is 1. The average molecular weight is 982 g/mol. The van der Waals surface area contributed by atoms with Gasteiger partial charge in [-0.2, -0.15) is 42.2 Å². The number of alkyl halides is 3.